The van der Waals surface area contributed by atoms with Crippen LogP contribution in [0.15, 0.2) is 36.0 Å². The normalized spacial score (nSPS) is 12.6. The van der Waals surface area contributed by atoms with Crippen molar-refractivity contribution in [2.45, 2.75) is 13.0 Å². The Morgan fingerprint density at radius 3 is 2.93 bits per heavy atom. The number of rotatable bonds is 4. The molecule has 2 aromatic rings. The third kappa shape index (κ3) is 2.40. The van der Waals surface area contributed by atoms with E-state index in [9.17, 15) is 0 Å². The highest BCUT2D eigenvalue weighted by atomic mass is 32.1. The van der Waals surface area contributed by atoms with Crippen LogP contribution in [0.4, 0.5) is 0 Å². The van der Waals surface area contributed by atoms with Crippen LogP contribution >= 0.6 is 11.3 Å². The average Bonchev–Trinajstić information content (AvgIpc) is 2.80. The fraction of sp³-hybridized carbons (Fsp3) is 0.273. The first-order chi connectivity index (χ1) is 7.42. The van der Waals surface area contributed by atoms with Crippen molar-refractivity contribution >= 4 is 11.3 Å². The molecule has 3 nitrogen and oxygen atoms in total. The molecule has 78 valence electrons. The molecule has 1 atom stereocenters. The summed E-state index contributed by atoms with van der Waals surface area (Å²) in [5.74, 6) is 0. The van der Waals surface area contributed by atoms with E-state index < -0.39 is 0 Å². The highest BCUT2D eigenvalue weighted by Crippen LogP contribution is 2.24. The van der Waals surface area contributed by atoms with Crippen LogP contribution < -0.4 is 5.32 Å². The zero-order chi connectivity index (χ0) is 10.5. The predicted molar refractivity (Wildman–Crippen MR) is 61.9 cm³/mol. The number of nitrogens with one attached hydrogen (secondary N) is 1. The summed E-state index contributed by atoms with van der Waals surface area (Å²) in [5, 5.41) is 13.2. The molecule has 0 saturated heterocycles. The number of aromatic nitrogens is 2. The van der Waals surface area contributed by atoms with Gasteiger partial charge in [0.2, 0.25) is 0 Å². The maximum absolute atomic E-state index is 3.91. The van der Waals surface area contributed by atoms with Crippen LogP contribution in [0.5, 0.6) is 0 Å². The molecular formula is C11H13N3S. The van der Waals surface area contributed by atoms with Crippen LogP contribution in [0.2, 0.25) is 0 Å². The van der Waals surface area contributed by atoms with Crippen molar-refractivity contribution in [3.05, 3.63) is 46.4 Å². The van der Waals surface area contributed by atoms with Crippen molar-refractivity contribution in [2.75, 3.05) is 6.54 Å². The largest absolute Gasteiger partial charge is 0.306 e. The second kappa shape index (κ2) is 5.00. The van der Waals surface area contributed by atoms with Gasteiger partial charge in [-0.2, -0.15) is 10.2 Å². The minimum Gasteiger partial charge on any atom is -0.306 e. The zero-order valence-electron chi connectivity index (χ0n) is 8.55. The van der Waals surface area contributed by atoms with Crippen LogP contribution in [0, 0.1) is 0 Å². The van der Waals surface area contributed by atoms with Crippen LogP contribution in [0.25, 0.3) is 0 Å². The van der Waals surface area contributed by atoms with Gasteiger partial charge in [0.1, 0.15) is 0 Å². The molecular weight excluding hydrogens is 206 g/mol. The maximum atomic E-state index is 3.91. The van der Waals surface area contributed by atoms with Crippen molar-refractivity contribution in [3.63, 3.8) is 0 Å². The molecule has 0 fully saturated rings. The van der Waals surface area contributed by atoms with Gasteiger partial charge in [-0.25, -0.2) is 0 Å². The molecule has 0 aliphatic carbocycles. The fourth-order valence-corrected chi connectivity index (χ4v) is 2.34. The molecule has 2 rings (SSSR count). The molecule has 0 bridgehead atoms. The summed E-state index contributed by atoms with van der Waals surface area (Å²) in [7, 11) is 0. The smallest absolute Gasteiger partial charge is 0.0687 e. The maximum Gasteiger partial charge on any atom is 0.0687 e. The number of nitrogens with zero attached hydrogens (tertiary/aromatic N) is 2. The lowest BCUT2D eigenvalue weighted by Crippen LogP contribution is -2.21. The quantitative estimate of drug-likeness (QED) is 0.857. The standard InChI is InChI=1S/C11H13N3S/c1-2-12-11(10-4-3-7-15-10)9-5-6-13-14-8-9/h3-8,11-12H,2H2,1H3. The highest BCUT2D eigenvalue weighted by Gasteiger charge is 2.13. The monoisotopic (exact) mass is 219 g/mol. The summed E-state index contributed by atoms with van der Waals surface area (Å²) >= 11 is 1.76. The number of hydrogen-bond donors (Lipinski definition) is 1. The van der Waals surface area contributed by atoms with Crippen molar-refractivity contribution in [3.8, 4) is 0 Å². The first-order valence-electron chi connectivity index (χ1n) is 4.95. The summed E-state index contributed by atoms with van der Waals surface area (Å²) in [5.41, 5.74) is 1.16. The van der Waals surface area contributed by atoms with E-state index in [0.29, 0.717) is 0 Å². The van der Waals surface area contributed by atoms with E-state index in [2.05, 4.69) is 40.0 Å². The molecule has 1 N–H and O–H groups in total. The first kappa shape index (κ1) is 10.3. The van der Waals surface area contributed by atoms with Crippen LogP contribution in [-0.4, -0.2) is 16.7 Å². The molecule has 4 heteroatoms. The molecule has 0 spiro atoms. The second-order valence-corrected chi connectivity index (χ2v) is 4.16. The van der Waals surface area contributed by atoms with Gasteiger partial charge in [0.25, 0.3) is 0 Å². The van der Waals surface area contributed by atoms with Gasteiger partial charge in [-0.1, -0.05) is 13.0 Å². The Balaban J connectivity index is 2.28. The van der Waals surface area contributed by atoms with E-state index in [1.165, 1.54) is 4.88 Å². The summed E-state index contributed by atoms with van der Waals surface area (Å²) in [6.07, 6.45) is 3.54. The molecule has 15 heavy (non-hydrogen) atoms. The fourth-order valence-electron chi connectivity index (χ4n) is 1.51. The van der Waals surface area contributed by atoms with Gasteiger partial charge in [-0.05, 0) is 29.6 Å². The van der Waals surface area contributed by atoms with E-state index in [1.54, 1.807) is 17.5 Å². The first-order valence-corrected chi connectivity index (χ1v) is 5.83. The average molecular weight is 219 g/mol. The lowest BCUT2D eigenvalue weighted by molar-refractivity contribution is 0.635. The molecule has 1 unspecified atom stereocenters. The van der Waals surface area contributed by atoms with Crippen LogP contribution in [0.3, 0.4) is 0 Å². The van der Waals surface area contributed by atoms with Crippen molar-refractivity contribution < 1.29 is 0 Å². The Bertz CT molecular complexity index is 385. The summed E-state index contributed by atoms with van der Waals surface area (Å²) in [6, 6.07) is 6.45. The Hall–Kier alpha value is -1.26. The van der Waals surface area contributed by atoms with Gasteiger partial charge in [-0.3, -0.25) is 0 Å². The van der Waals surface area contributed by atoms with Crippen molar-refractivity contribution in [2.24, 2.45) is 0 Å². The van der Waals surface area contributed by atoms with E-state index in [-0.39, 0.29) is 6.04 Å². The zero-order valence-corrected chi connectivity index (χ0v) is 9.37. The lowest BCUT2D eigenvalue weighted by atomic mass is 10.1. The Morgan fingerprint density at radius 1 is 1.40 bits per heavy atom. The molecule has 0 aliphatic heterocycles. The van der Waals surface area contributed by atoms with Gasteiger partial charge < -0.3 is 5.32 Å². The Kier molecular flexibility index (Phi) is 3.42. The van der Waals surface area contributed by atoms with E-state index in [0.717, 1.165) is 12.1 Å². The second-order valence-electron chi connectivity index (χ2n) is 3.18. The van der Waals surface area contributed by atoms with E-state index in [4.69, 9.17) is 0 Å². The van der Waals surface area contributed by atoms with E-state index >= 15 is 0 Å². The minimum atomic E-state index is 0.241. The summed E-state index contributed by atoms with van der Waals surface area (Å²) < 4.78 is 0. The number of thiophene rings is 1. The van der Waals surface area contributed by atoms with Crippen molar-refractivity contribution in [1.29, 1.82) is 0 Å². The van der Waals surface area contributed by atoms with Gasteiger partial charge in [-0.15, -0.1) is 11.3 Å². The molecule has 0 aliphatic rings. The minimum absolute atomic E-state index is 0.241. The number of hydrogen-bond acceptors (Lipinski definition) is 4. The molecule has 2 heterocycles. The Labute approximate surface area is 93.2 Å². The third-order valence-electron chi connectivity index (χ3n) is 2.18. The van der Waals surface area contributed by atoms with Gasteiger partial charge in [0.15, 0.2) is 0 Å². The SMILES string of the molecule is CCNC(c1ccnnc1)c1cccs1. The Morgan fingerprint density at radius 2 is 2.33 bits per heavy atom. The van der Waals surface area contributed by atoms with Crippen LogP contribution in [-0.2, 0) is 0 Å². The lowest BCUT2D eigenvalue weighted by Gasteiger charge is -2.15. The third-order valence-corrected chi connectivity index (χ3v) is 3.11. The summed E-state index contributed by atoms with van der Waals surface area (Å²) in [4.78, 5) is 1.31. The van der Waals surface area contributed by atoms with Crippen molar-refractivity contribution in [1.82, 2.24) is 15.5 Å². The molecule has 0 amide bonds. The molecule has 0 radical (unpaired) electrons. The highest BCUT2D eigenvalue weighted by molar-refractivity contribution is 7.10. The van der Waals surface area contributed by atoms with Gasteiger partial charge >= 0.3 is 0 Å². The molecule has 0 saturated carbocycles. The van der Waals surface area contributed by atoms with Gasteiger partial charge in [0.05, 0.1) is 12.2 Å². The topological polar surface area (TPSA) is 37.8 Å². The molecule has 0 aromatic carbocycles. The summed E-state index contributed by atoms with van der Waals surface area (Å²) in [6.45, 7) is 3.04. The van der Waals surface area contributed by atoms with Crippen LogP contribution in [0.1, 0.15) is 23.4 Å². The predicted octanol–water partition coefficient (Wildman–Crippen LogP) is 2.24. The molecule has 2 aromatic heterocycles. The van der Waals surface area contributed by atoms with E-state index in [1.807, 2.05) is 12.3 Å². The van der Waals surface area contributed by atoms with Gasteiger partial charge in [0, 0.05) is 11.1 Å².